The predicted molar refractivity (Wildman–Crippen MR) is 99.0 cm³/mol. The third-order valence-corrected chi connectivity index (χ3v) is 3.90. The van der Waals surface area contributed by atoms with E-state index in [1.807, 2.05) is 32.0 Å². The lowest BCUT2D eigenvalue weighted by molar-refractivity contribution is 0.0954. The van der Waals surface area contributed by atoms with E-state index in [0.717, 1.165) is 11.7 Å². The van der Waals surface area contributed by atoms with Gasteiger partial charge in [-0.3, -0.25) is 4.79 Å². The molecule has 0 saturated carbocycles. The second-order valence-corrected chi connectivity index (χ2v) is 7.86. The van der Waals surface area contributed by atoms with Gasteiger partial charge in [-0.15, -0.1) is 0 Å². The Morgan fingerprint density at radius 3 is 2.58 bits per heavy atom. The van der Waals surface area contributed by atoms with E-state index in [2.05, 4.69) is 15.3 Å². The van der Waals surface area contributed by atoms with Crippen molar-refractivity contribution in [3.63, 3.8) is 0 Å². The maximum atomic E-state index is 12.4. The summed E-state index contributed by atoms with van der Waals surface area (Å²) in [6, 6.07) is 9.00. The number of sulfone groups is 1. The molecule has 1 aromatic carbocycles. The van der Waals surface area contributed by atoms with Gasteiger partial charge in [0.05, 0.1) is 0 Å². The maximum Gasteiger partial charge on any atom is 0.258 e. The molecule has 0 bridgehead atoms. The highest BCUT2D eigenvalue weighted by molar-refractivity contribution is 7.93. The van der Waals surface area contributed by atoms with Crippen molar-refractivity contribution >= 4 is 15.7 Å². The van der Waals surface area contributed by atoms with E-state index in [4.69, 9.17) is 4.74 Å². The van der Waals surface area contributed by atoms with E-state index in [-0.39, 0.29) is 23.9 Å². The molecule has 1 heterocycles. The van der Waals surface area contributed by atoms with Gasteiger partial charge in [0.2, 0.25) is 5.88 Å². The minimum absolute atomic E-state index is 0.0581. The largest absolute Gasteiger partial charge is 0.438 e. The Morgan fingerprint density at radius 1 is 1.27 bits per heavy atom. The van der Waals surface area contributed by atoms with Crippen LogP contribution in [0.25, 0.3) is 0 Å². The number of carbonyl (C=O) groups is 1. The summed E-state index contributed by atoms with van der Waals surface area (Å²) in [6.07, 6.45) is 3.85. The van der Waals surface area contributed by atoms with Crippen LogP contribution in [0.3, 0.4) is 0 Å². The highest BCUT2D eigenvalue weighted by atomic mass is 32.2. The fourth-order valence-corrected chi connectivity index (χ4v) is 2.41. The van der Waals surface area contributed by atoms with Crippen LogP contribution < -0.4 is 10.1 Å². The molecular weight excluding hydrogens is 354 g/mol. The molecule has 1 aromatic heterocycles. The number of carbonyl (C=O) groups excluding carboxylic acids is 1. The topological polar surface area (TPSA) is 98.2 Å². The number of hydrogen-bond donors (Lipinski definition) is 1. The number of nitrogens with zero attached hydrogens (tertiary/aromatic N) is 2. The van der Waals surface area contributed by atoms with E-state index in [0.29, 0.717) is 11.6 Å². The highest BCUT2D eigenvalue weighted by Gasteiger charge is 2.17. The molecule has 0 atom stereocenters. The fourth-order valence-electron chi connectivity index (χ4n) is 1.96. The Bertz CT molecular complexity index is 894. The van der Waals surface area contributed by atoms with Crippen LogP contribution in [0.15, 0.2) is 48.0 Å². The van der Waals surface area contributed by atoms with Crippen LogP contribution >= 0.6 is 0 Å². The first-order chi connectivity index (χ1) is 12.3. The monoisotopic (exact) mass is 375 g/mol. The summed E-state index contributed by atoms with van der Waals surface area (Å²) in [5.41, 5.74) is 0.172. The molecule has 0 aliphatic carbocycles. The molecule has 0 radical (unpaired) electrons. The maximum absolute atomic E-state index is 12.4. The molecule has 0 aliphatic rings. The van der Waals surface area contributed by atoms with Gasteiger partial charge in [-0.1, -0.05) is 38.1 Å². The smallest absolute Gasteiger partial charge is 0.258 e. The normalized spacial score (nSPS) is 11.7. The molecule has 0 fully saturated rings. The lowest BCUT2D eigenvalue weighted by atomic mass is 10.2. The van der Waals surface area contributed by atoms with Crippen LogP contribution in [-0.2, 0) is 9.84 Å². The quantitative estimate of drug-likeness (QED) is 0.799. The fraction of sp³-hybridized carbons (Fsp3) is 0.278. The van der Waals surface area contributed by atoms with Crippen molar-refractivity contribution in [2.24, 2.45) is 0 Å². The van der Waals surface area contributed by atoms with Crippen molar-refractivity contribution in [2.45, 2.75) is 19.8 Å². The summed E-state index contributed by atoms with van der Waals surface area (Å²) >= 11 is 0. The van der Waals surface area contributed by atoms with Crippen LogP contribution in [0.5, 0.6) is 11.6 Å². The van der Waals surface area contributed by atoms with Gasteiger partial charge in [-0.05, 0) is 12.1 Å². The average Bonchev–Trinajstić information content (AvgIpc) is 2.58. The highest BCUT2D eigenvalue weighted by Crippen LogP contribution is 2.24. The molecule has 0 unspecified atom stereocenters. The third kappa shape index (κ3) is 5.96. The Hall–Kier alpha value is -2.74. The van der Waals surface area contributed by atoms with Crippen molar-refractivity contribution in [1.29, 1.82) is 0 Å². The zero-order valence-electron chi connectivity index (χ0n) is 14.8. The summed E-state index contributed by atoms with van der Waals surface area (Å²) in [6.45, 7) is 3.94. The number of aromatic nitrogens is 2. The van der Waals surface area contributed by atoms with Gasteiger partial charge >= 0.3 is 0 Å². The minimum atomic E-state index is -3.23. The molecule has 8 heteroatoms. The van der Waals surface area contributed by atoms with E-state index in [9.17, 15) is 13.2 Å². The third-order valence-electron chi connectivity index (χ3n) is 3.22. The molecule has 1 N–H and O–H groups in total. The summed E-state index contributed by atoms with van der Waals surface area (Å²) in [7, 11) is -3.23. The first-order valence-electron chi connectivity index (χ1n) is 8.01. The van der Waals surface area contributed by atoms with Crippen LogP contribution in [-0.4, -0.2) is 37.1 Å². The van der Waals surface area contributed by atoms with Gasteiger partial charge in [0.1, 0.15) is 17.1 Å². The summed E-state index contributed by atoms with van der Waals surface area (Å²) in [4.78, 5) is 21.0. The number of ether oxygens (including phenoxy) is 1. The van der Waals surface area contributed by atoms with E-state index in [1.54, 1.807) is 12.1 Å². The number of benzene rings is 1. The van der Waals surface area contributed by atoms with Crippen molar-refractivity contribution < 1.29 is 17.9 Å². The summed E-state index contributed by atoms with van der Waals surface area (Å²) in [5, 5.41) is 3.63. The lowest BCUT2D eigenvalue weighted by Gasteiger charge is -2.12. The Kier molecular flexibility index (Phi) is 6.46. The molecule has 7 nitrogen and oxygen atoms in total. The van der Waals surface area contributed by atoms with Crippen LogP contribution in [0.1, 0.15) is 35.9 Å². The average molecular weight is 375 g/mol. The van der Waals surface area contributed by atoms with Crippen molar-refractivity contribution in [2.75, 3.05) is 12.8 Å². The SMILES string of the molecule is CC(C)c1ncc(C(=O)NC/C=C/S(C)(=O)=O)c(Oc2ccccc2)n1. The molecule has 0 saturated heterocycles. The zero-order valence-corrected chi connectivity index (χ0v) is 15.7. The number of nitrogens with one attached hydrogen (secondary N) is 1. The Labute approximate surface area is 153 Å². The summed E-state index contributed by atoms with van der Waals surface area (Å²) in [5.74, 6) is 0.878. The summed E-state index contributed by atoms with van der Waals surface area (Å²) < 4.78 is 27.9. The molecular formula is C18H21N3O4S. The standard InChI is InChI=1S/C18H21N3O4S/c1-13(2)16-20-12-15(17(22)19-10-7-11-26(3,23)24)18(21-16)25-14-8-5-4-6-9-14/h4-9,11-13H,10H2,1-3H3,(H,19,22)/b11-7+. The molecule has 0 spiro atoms. The predicted octanol–water partition coefficient (Wildman–Crippen LogP) is 2.68. The number of amides is 1. The van der Waals surface area contributed by atoms with Gasteiger partial charge in [0.25, 0.3) is 5.91 Å². The lowest BCUT2D eigenvalue weighted by Crippen LogP contribution is -2.24. The van der Waals surface area contributed by atoms with Crippen molar-refractivity contribution in [3.05, 3.63) is 59.4 Å². The number of para-hydroxylation sites is 1. The van der Waals surface area contributed by atoms with Gasteiger partial charge in [0, 0.05) is 30.3 Å². The molecule has 26 heavy (non-hydrogen) atoms. The zero-order chi connectivity index (χ0) is 19.2. The molecule has 2 aromatic rings. The molecule has 2 rings (SSSR count). The van der Waals surface area contributed by atoms with Gasteiger partial charge in [-0.25, -0.2) is 13.4 Å². The van der Waals surface area contributed by atoms with Crippen LogP contribution in [0, 0.1) is 0 Å². The van der Waals surface area contributed by atoms with Gasteiger partial charge in [-0.2, -0.15) is 4.98 Å². The second-order valence-electron chi connectivity index (χ2n) is 5.93. The van der Waals surface area contributed by atoms with Crippen LogP contribution in [0.4, 0.5) is 0 Å². The van der Waals surface area contributed by atoms with Crippen LogP contribution in [0.2, 0.25) is 0 Å². The number of hydrogen-bond acceptors (Lipinski definition) is 6. The molecule has 0 aliphatic heterocycles. The molecule has 1 amide bonds. The minimum Gasteiger partial charge on any atom is -0.438 e. The first kappa shape index (κ1) is 19.6. The van der Waals surface area contributed by atoms with E-state index in [1.165, 1.54) is 12.3 Å². The van der Waals surface area contributed by atoms with E-state index < -0.39 is 15.7 Å². The Balaban J connectivity index is 2.23. The van der Waals surface area contributed by atoms with Gasteiger partial charge in [0.15, 0.2) is 9.84 Å². The second kappa shape index (κ2) is 8.57. The van der Waals surface area contributed by atoms with Gasteiger partial charge < -0.3 is 10.1 Å². The first-order valence-corrected chi connectivity index (χ1v) is 9.96. The number of rotatable bonds is 7. The van der Waals surface area contributed by atoms with Crippen molar-refractivity contribution in [1.82, 2.24) is 15.3 Å². The van der Waals surface area contributed by atoms with Crippen molar-refractivity contribution in [3.8, 4) is 11.6 Å². The Morgan fingerprint density at radius 2 is 1.96 bits per heavy atom. The van der Waals surface area contributed by atoms with E-state index >= 15 is 0 Å². The molecule has 138 valence electrons.